The predicted octanol–water partition coefficient (Wildman–Crippen LogP) is 5.16. The van der Waals surface area contributed by atoms with Crippen molar-refractivity contribution in [1.29, 1.82) is 0 Å². The molecular weight excluding hydrogens is 234 g/mol. The summed E-state index contributed by atoms with van der Waals surface area (Å²) in [6, 6.07) is 8.40. The first-order chi connectivity index (χ1) is 9.28. The quantitative estimate of drug-likeness (QED) is 0.759. The molecule has 1 aromatic heterocycles. The molecule has 2 rings (SSSR count). The smallest absolute Gasteiger partial charge is 0.119 e. The number of hydrogen-bond acceptors (Lipinski definition) is 1. The van der Waals surface area contributed by atoms with Crippen LogP contribution in [0.15, 0.2) is 30.3 Å². The van der Waals surface area contributed by atoms with Gasteiger partial charge in [-0.15, -0.1) is 0 Å². The number of fused-ring (bicyclic) bond motifs is 1. The summed E-state index contributed by atoms with van der Waals surface area (Å²) < 4.78 is 5.28. The lowest BCUT2D eigenvalue weighted by molar-refractivity contribution is 0.415. The van der Waals surface area contributed by atoms with E-state index in [4.69, 9.17) is 4.74 Å². The summed E-state index contributed by atoms with van der Waals surface area (Å²) in [4.78, 5) is 3.52. The van der Waals surface area contributed by atoms with E-state index in [1.165, 1.54) is 35.0 Å². The van der Waals surface area contributed by atoms with Crippen LogP contribution in [0, 0.1) is 0 Å². The molecule has 0 amide bonds. The van der Waals surface area contributed by atoms with Crippen molar-refractivity contribution in [2.75, 3.05) is 7.11 Å². The van der Waals surface area contributed by atoms with E-state index in [0.717, 1.165) is 18.6 Å². The molecule has 2 heteroatoms. The summed E-state index contributed by atoms with van der Waals surface area (Å²) in [6.45, 7) is 4.45. The molecule has 0 atom stereocenters. The first-order valence-corrected chi connectivity index (χ1v) is 7.14. The summed E-state index contributed by atoms with van der Waals surface area (Å²) in [5.74, 6) is 0.910. The molecule has 0 unspecified atom stereocenters. The molecule has 0 fully saturated rings. The number of H-pyrrole nitrogens is 1. The summed E-state index contributed by atoms with van der Waals surface area (Å²) in [7, 11) is 1.71. The van der Waals surface area contributed by atoms with Gasteiger partial charge < -0.3 is 9.72 Å². The molecule has 0 radical (unpaired) electrons. The minimum absolute atomic E-state index is 0.910. The van der Waals surface area contributed by atoms with Crippen LogP contribution in [0.2, 0.25) is 0 Å². The molecule has 1 N–H and O–H groups in total. The van der Waals surface area contributed by atoms with E-state index in [1.54, 1.807) is 7.11 Å². The number of aromatic nitrogens is 1. The monoisotopic (exact) mass is 257 g/mol. The van der Waals surface area contributed by atoms with Crippen LogP contribution in [0.1, 0.15) is 45.2 Å². The molecule has 1 aromatic carbocycles. The number of allylic oxidation sites excluding steroid dienone is 2. The van der Waals surface area contributed by atoms with Crippen LogP contribution in [-0.4, -0.2) is 12.1 Å². The molecular formula is C17H23NO. The number of nitrogens with one attached hydrogen (secondary N) is 1. The minimum Gasteiger partial charge on any atom is -0.497 e. The number of aromatic amines is 1. The second-order valence-electron chi connectivity index (χ2n) is 4.90. The topological polar surface area (TPSA) is 25.0 Å². The predicted molar refractivity (Wildman–Crippen MR) is 82.6 cm³/mol. The van der Waals surface area contributed by atoms with Gasteiger partial charge in [-0.1, -0.05) is 32.8 Å². The van der Waals surface area contributed by atoms with Crippen LogP contribution in [0.3, 0.4) is 0 Å². The average Bonchev–Trinajstić information content (AvgIpc) is 2.85. The summed E-state index contributed by atoms with van der Waals surface area (Å²) in [6.07, 6.45) is 7.01. The Morgan fingerprint density at radius 2 is 2.05 bits per heavy atom. The van der Waals surface area contributed by atoms with Crippen molar-refractivity contribution in [3.63, 3.8) is 0 Å². The van der Waals surface area contributed by atoms with Crippen molar-refractivity contribution >= 4 is 16.5 Å². The average molecular weight is 257 g/mol. The van der Waals surface area contributed by atoms with Crippen LogP contribution in [0.5, 0.6) is 5.75 Å². The zero-order valence-electron chi connectivity index (χ0n) is 12.1. The van der Waals surface area contributed by atoms with E-state index in [-0.39, 0.29) is 0 Å². The van der Waals surface area contributed by atoms with Gasteiger partial charge in [0.2, 0.25) is 0 Å². The van der Waals surface area contributed by atoms with E-state index < -0.39 is 0 Å². The van der Waals surface area contributed by atoms with Crippen molar-refractivity contribution in [3.05, 3.63) is 36.0 Å². The SMILES string of the molecule is CCC/C=C(\CCC)c1cc2cc(OC)ccc2[nH]1. The Kier molecular flexibility index (Phi) is 4.67. The van der Waals surface area contributed by atoms with Gasteiger partial charge in [0.05, 0.1) is 7.11 Å². The van der Waals surface area contributed by atoms with Crippen LogP contribution in [0.4, 0.5) is 0 Å². The largest absolute Gasteiger partial charge is 0.497 e. The Bertz CT molecular complexity index is 566. The Hall–Kier alpha value is -1.70. The highest BCUT2D eigenvalue weighted by molar-refractivity contribution is 5.85. The van der Waals surface area contributed by atoms with Crippen molar-refractivity contribution in [1.82, 2.24) is 4.98 Å². The standard InChI is InChI=1S/C17H23NO/c1-4-6-8-13(7-5-2)17-12-14-11-15(19-3)9-10-16(14)18-17/h8-12,18H,4-7H2,1-3H3/b13-8+. The Labute approximate surface area is 115 Å². The zero-order chi connectivity index (χ0) is 13.7. The lowest BCUT2D eigenvalue weighted by Crippen LogP contribution is -1.84. The maximum absolute atomic E-state index is 5.28. The van der Waals surface area contributed by atoms with Crippen molar-refractivity contribution in [3.8, 4) is 5.75 Å². The summed E-state index contributed by atoms with van der Waals surface area (Å²) >= 11 is 0. The van der Waals surface area contributed by atoms with Crippen molar-refractivity contribution in [2.24, 2.45) is 0 Å². The molecule has 0 saturated heterocycles. The second kappa shape index (κ2) is 6.46. The van der Waals surface area contributed by atoms with Gasteiger partial charge in [-0.2, -0.15) is 0 Å². The molecule has 19 heavy (non-hydrogen) atoms. The zero-order valence-corrected chi connectivity index (χ0v) is 12.1. The number of unbranched alkanes of at least 4 members (excludes halogenated alkanes) is 1. The van der Waals surface area contributed by atoms with Crippen LogP contribution in [-0.2, 0) is 0 Å². The molecule has 2 aromatic rings. The molecule has 2 nitrogen and oxygen atoms in total. The molecule has 0 aliphatic rings. The third-order valence-electron chi connectivity index (χ3n) is 3.37. The maximum atomic E-state index is 5.28. The van der Waals surface area contributed by atoms with E-state index in [0.29, 0.717) is 0 Å². The highest BCUT2D eigenvalue weighted by Gasteiger charge is 2.06. The van der Waals surface area contributed by atoms with Crippen molar-refractivity contribution < 1.29 is 4.74 Å². The van der Waals surface area contributed by atoms with E-state index in [1.807, 2.05) is 6.07 Å². The summed E-state index contributed by atoms with van der Waals surface area (Å²) in [5, 5.41) is 1.22. The first kappa shape index (κ1) is 13.7. The fraction of sp³-hybridized carbons (Fsp3) is 0.412. The molecule has 0 saturated carbocycles. The number of rotatable bonds is 6. The molecule has 0 aliphatic carbocycles. The van der Waals surface area contributed by atoms with Gasteiger partial charge in [0.1, 0.15) is 5.75 Å². The van der Waals surface area contributed by atoms with Gasteiger partial charge >= 0.3 is 0 Å². The fourth-order valence-corrected chi connectivity index (χ4v) is 2.35. The van der Waals surface area contributed by atoms with Gasteiger partial charge in [-0.05, 0) is 42.7 Å². The maximum Gasteiger partial charge on any atom is 0.119 e. The lowest BCUT2D eigenvalue weighted by Gasteiger charge is -2.03. The number of methoxy groups -OCH3 is 1. The van der Waals surface area contributed by atoms with Crippen LogP contribution < -0.4 is 4.74 Å². The van der Waals surface area contributed by atoms with Gasteiger partial charge in [-0.25, -0.2) is 0 Å². The summed E-state index contributed by atoms with van der Waals surface area (Å²) in [5.41, 5.74) is 3.85. The number of ether oxygens (including phenoxy) is 1. The molecule has 1 heterocycles. The fourth-order valence-electron chi connectivity index (χ4n) is 2.35. The third-order valence-corrected chi connectivity index (χ3v) is 3.37. The van der Waals surface area contributed by atoms with Gasteiger partial charge in [0, 0.05) is 16.6 Å². The van der Waals surface area contributed by atoms with Gasteiger partial charge in [0.15, 0.2) is 0 Å². The van der Waals surface area contributed by atoms with Crippen LogP contribution in [0.25, 0.3) is 16.5 Å². The van der Waals surface area contributed by atoms with Gasteiger partial charge in [-0.3, -0.25) is 0 Å². The second-order valence-corrected chi connectivity index (χ2v) is 4.90. The van der Waals surface area contributed by atoms with Crippen molar-refractivity contribution in [2.45, 2.75) is 39.5 Å². The van der Waals surface area contributed by atoms with E-state index >= 15 is 0 Å². The highest BCUT2D eigenvalue weighted by Crippen LogP contribution is 2.27. The minimum atomic E-state index is 0.910. The Morgan fingerprint density at radius 1 is 1.21 bits per heavy atom. The number of benzene rings is 1. The van der Waals surface area contributed by atoms with Crippen LogP contribution >= 0.6 is 0 Å². The van der Waals surface area contributed by atoms with Gasteiger partial charge in [0.25, 0.3) is 0 Å². The lowest BCUT2D eigenvalue weighted by atomic mass is 10.1. The Balaban J connectivity index is 2.37. The van der Waals surface area contributed by atoms with E-state index in [2.05, 4.69) is 43.1 Å². The Morgan fingerprint density at radius 3 is 2.74 bits per heavy atom. The molecule has 0 aliphatic heterocycles. The number of hydrogen-bond donors (Lipinski definition) is 1. The molecule has 0 spiro atoms. The molecule has 102 valence electrons. The normalized spacial score (nSPS) is 12.1. The van der Waals surface area contributed by atoms with E-state index in [9.17, 15) is 0 Å². The highest BCUT2D eigenvalue weighted by atomic mass is 16.5. The first-order valence-electron chi connectivity index (χ1n) is 7.14. The third kappa shape index (κ3) is 3.19. The molecule has 0 bridgehead atoms.